The average Bonchev–Trinajstić information content (AvgIpc) is 2.73. The first-order valence-corrected chi connectivity index (χ1v) is 10.7. The van der Waals surface area contributed by atoms with E-state index in [0.717, 1.165) is 32.5 Å². The predicted octanol–water partition coefficient (Wildman–Crippen LogP) is 3.96. The fourth-order valence-corrected chi connectivity index (χ4v) is 4.11. The number of hydrogen-bond acceptors (Lipinski definition) is 5. The Bertz CT molecular complexity index is 818. The summed E-state index contributed by atoms with van der Waals surface area (Å²) in [5.74, 6) is 0.292. The predicted molar refractivity (Wildman–Crippen MR) is 112 cm³/mol. The molecule has 148 valence electrons. The fraction of sp³-hybridized carbons (Fsp3) is 0.381. The first kappa shape index (κ1) is 20.4. The second-order valence-electron chi connectivity index (χ2n) is 7.05. The first-order chi connectivity index (χ1) is 13.6. The zero-order valence-corrected chi connectivity index (χ0v) is 16.8. The highest BCUT2D eigenvalue weighted by Crippen LogP contribution is 2.24. The molecule has 0 aromatic heterocycles. The molecule has 1 heterocycles. The third kappa shape index (κ3) is 5.33. The fourth-order valence-electron chi connectivity index (χ4n) is 3.50. The lowest BCUT2D eigenvalue weighted by Crippen LogP contribution is -2.38. The summed E-state index contributed by atoms with van der Waals surface area (Å²) in [5.41, 5.74) is 1.82. The number of amides is 1. The molecule has 0 saturated carbocycles. The number of benzene rings is 2. The van der Waals surface area contributed by atoms with Crippen molar-refractivity contribution in [2.45, 2.75) is 24.3 Å². The molecule has 1 aliphatic rings. The van der Waals surface area contributed by atoms with Gasteiger partial charge in [-0.2, -0.15) is 0 Å². The summed E-state index contributed by atoms with van der Waals surface area (Å²) in [6, 6.07) is 14.3. The van der Waals surface area contributed by atoms with E-state index >= 15 is 0 Å². The molecule has 1 N–H and O–H groups in total. The van der Waals surface area contributed by atoms with Crippen LogP contribution in [-0.2, 0) is 6.54 Å². The van der Waals surface area contributed by atoms with Gasteiger partial charge in [0.05, 0.1) is 4.92 Å². The van der Waals surface area contributed by atoms with Crippen LogP contribution < -0.4 is 5.32 Å². The highest BCUT2D eigenvalue weighted by Gasteiger charge is 2.20. The second-order valence-corrected chi connectivity index (χ2v) is 7.89. The summed E-state index contributed by atoms with van der Waals surface area (Å²) in [5, 5.41) is 13.7. The molecule has 2 aromatic rings. The van der Waals surface area contributed by atoms with Crippen LogP contribution in [0.5, 0.6) is 0 Å². The Kier molecular flexibility index (Phi) is 7.06. The van der Waals surface area contributed by atoms with Crippen molar-refractivity contribution in [2.24, 2.45) is 5.92 Å². The van der Waals surface area contributed by atoms with E-state index in [1.165, 1.54) is 34.7 Å². The van der Waals surface area contributed by atoms with E-state index in [1.807, 2.05) is 0 Å². The minimum Gasteiger partial charge on any atom is -0.352 e. The van der Waals surface area contributed by atoms with E-state index in [4.69, 9.17) is 0 Å². The number of piperidine rings is 1. The van der Waals surface area contributed by atoms with Gasteiger partial charge in [-0.15, -0.1) is 11.8 Å². The topological polar surface area (TPSA) is 75.5 Å². The number of nitrogens with one attached hydrogen (secondary N) is 1. The first-order valence-electron chi connectivity index (χ1n) is 9.43. The zero-order valence-electron chi connectivity index (χ0n) is 16.0. The molecular formula is C21H25N3O3S. The summed E-state index contributed by atoms with van der Waals surface area (Å²) < 4.78 is 0. The van der Waals surface area contributed by atoms with E-state index < -0.39 is 4.92 Å². The summed E-state index contributed by atoms with van der Waals surface area (Å²) in [6.45, 7) is 3.67. The summed E-state index contributed by atoms with van der Waals surface area (Å²) >= 11 is 1.78. The van der Waals surface area contributed by atoms with Gasteiger partial charge in [0.15, 0.2) is 0 Å². The lowest BCUT2D eigenvalue weighted by Gasteiger charge is -2.32. The maximum absolute atomic E-state index is 12.3. The number of nitrogens with zero attached hydrogens (tertiary/aromatic N) is 2. The van der Waals surface area contributed by atoms with Gasteiger partial charge in [0.25, 0.3) is 11.6 Å². The SMILES string of the molecule is CSc1ccccc1CN1CCC(CNC(=O)c2ccc([N+](=O)[O-])cc2)CC1. The minimum absolute atomic E-state index is 0.00744. The molecule has 2 aromatic carbocycles. The molecule has 0 bridgehead atoms. The van der Waals surface area contributed by atoms with Gasteiger partial charge in [0.1, 0.15) is 0 Å². The van der Waals surface area contributed by atoms with Crippen LogP contribution in [0.4, 0.5) is 5.69 Å². The molecule has 0 atom stereocenters. The second kappa shape index (κ2) is 9.71. The van der Waals surface area contributed by atoms with Crippen molar-refractivity contribution in [1.29, 1.82) is 0 Å². The van der Waals surface area contributed by atoms with Gasteiger partial charge in [-0.05, 0) is 61.9 Å². The van der Waals surface area contributed by atoms with Crippen molar-refractivity contribution in [2.75, 3.05) is 25.9 Å². The number of likely N-dealkylation sites (tertiary alicyclic amines) is 1. The number of nitro benzene ring substituents is 1. The van der Waals surface area contributed by atoms with Crippen molar-refractivity contribution in [1.82, 2.24) is 10.2 Å². The number of hydrogen-bond donors (Lipinski definition) is 1. The van der Waals surface area contributed by atoms with Crippen LogP contribution in [0.1, 0.15) is 28.8 Å². The van der Waals surface area contributed by atoms with Crippen LogP contribution in [0, 0.1) is 16.0 Å². The molecule has 1 fully saturated rings. The third-order valence-electron chi connectivity index (χ3n) is 5.19. The number of carbonyl (C=O) groups excluding carboxylic acids is 1. The molecule has 7 heteroatoms. The van der Waals surface area contributed by atoms with E-state index in [9.17, 15) is 14.9 Å². The Morgan fingerprint density at radius 1 is 1.18 bits per heavy atom. The molecule has 6 nitrogen and oxygen atoms in total. The molecular weight excluding hydrogens is 374 g/mol. The normalized spacial score (nSPS) is 15.3. The van der Waals surface area contributed by atoms with Gasteiger partial charge in [-0.25, -0.2) is 0 Å². The van der Waals surface area contributed by atoms with Crippen molar-refractivity contribution >= 4 is 23.4 Å². The van der Waals surface area contributed by atoms with Crippen LogP contribution in [-0.4, -0.2) is 41.6 Å². The Morgan fingerprint density at radius 2 is 1.86 bits per heavy atom. The number of nitro groups is 1. The van der Waals surface area contributed by atoms with Crippen LogP contribution in [0.25, 0.3) is 0 Å². The molecule has 0 radical (unpaired) electrons. The van der Waals surface area contributed by atoms with Gasteiger partial charge >= 0.3 is 0 Å². The molecule has 28 heavy (non-hydrogen) atoms. The van der Waals surface area contributed by atoms with Crippen molar-refractivity contribution < 1.29 is 9.72 Å². The quantitative estimate of drug-likeness (QED) is 0.433. The van der Waals surface area contributed by atoms with E-state index in [0.29, 0.717) is 18.0 Å². The molecule has 3 rings (SSSR count). The van der Waals surface area contributed by atoms with Crippen LogP contribution in [0.2, 0.25) is 0 Å². The lowest BCUT2D eigenvalue weighted by molar-refractivity contribution is -0.384. The van der Waals surface area contributed by atoms with Crippen molar-refractivity contribution in [3.8, 4) is 0 Å². The molecule has 1 saturated heterocycles. The van der Waals surface area contributed by atoms with Gasteiger partial charge in [-0.3, -0.25) is 19.8 Å². The zero-order chi connectivity index (χ0) is 19.9. The summed E-state index contributed by atoms with van der Waals surface area (Å²) in [4.78, 5) is 26.3. The van der Waals surface area contributed by atoms with Gasteiger partial charge in [0.2, 0.25) is 0 Å². The Balaban J connectivity index is 1.44. The highest BCUT2D eigenvalue weighted by molar-refractivity contribution is 7.98. The minimum atomic E-state index is -0.465. The van der Waals surface area contributed by atoms with E-state index in [-0.39, 0.29) is 11.6 Å². The van der Waals surface area contributed by atoms with E-state index in [1.54, 1.807) is 11.8 Å². The van der Waals surface area contributed by atoms with Gasteiger partial charge in [0, 0.05) is 35.7 Å². The Hall–Kier alpha value is -2.38. The highest BCUT2D eigenvalue weighted by atomic mass is 32.2. The number of carbonyl (C=O) groups is 1. The Labute approximate surface area is 169 Å². The van der Waals surface area contributed by atoms with Crippen molar-refractivity contribution in [3.63, 3.8) is 0 Å². The third-order valence-corrected chi connectivity index (χ3v) is 6.02. The van der Waals surface area contributed by atoms with Crippen LogP contribution in [0.3, 0.4) is 0 Å². The Morgan fingerprint density at radius 3 is 2.50 bits per heavy atom. The van der Waals surface area contributed by atoms with Crippen LogP contribution in [0.15, 0.2) is 53.4 Å². The summed E-state index contributed by atoms with van der Waals surface area (Å²) in [6.07, 6.45) is 4.22. The number of thioether (sulfide) groups is 1. The molecule has 0 unspecified atom stereocenters. The summed E-state index contributed by atoms with van der Waals surface area (Å²) in [7, 11) is 0. The standard InChI is InChI=1S/C21H25N3O3S/c1-28-20-5-3-2-4-18(20)15-23-12-10-16(11-13-23)14-22-21(25)17-6-8-19(9-7-17)24(26)27/h2-9,16H,10-15H2,1H3,(H,22,25). The lowest BCUT2D eigenvalue weighted by atomic mass is 9.96. The smallest absolute Gasteiger partial charge is 0.269 e. The molecule has 0 aliphatic carbocycles. The van der Waals surface area contributed by atoms with Gasteiger partial charge in [-0.1, -0.05) is 18.2 Å². The van der Waals surface area contributed by atoms with E-state index in [2.05, 4.69) is 40.7 Å². The van der Waals surface area contributed by atoms with Crippen LogP contribution >= 0.6 is 11.8 Å². The average molecular weight is 400 g/mol. The molecule has 0 spiro atoms. The number of non-ortho nitro benzene ring substituents is 1. The maximum Gasteiger partial charge on any atom is 0.269 e. The molecule has 1 amide bonds. The maximum atomic E-state index is 12.3. The molecule has 1 aliphatic heterocycles. The monoisotopic (exact) mass is 399 g/mol. The van der Waals surface area contributed by atoms with Gasteiger partial charge < -0.3 is 5.32 Å². The van der Waals surface area contributed by atoms with Crippen molar-refractivity contribution in [3.05, 3.63) is 69.8 Å². The number of rotatable bonds is 7. The largest absolute Gasteiger partial charge is 0.352 e.